The number of rotatable bonds is 6. The molecule has 1 atom stereocenters. The van der Waals surface area contributed by atoms with E-state index in [4.69, 9.17) is 5.11 Å². The Hall–Kier alpha value is -1.62. The van der Waals surface area contributed by atoms with Gasteiger partial charge in [-0.25, -0.2) is 0 Å². The number of hydrogen-bond acceptors (Lipinski definition) is 3. The van der Waals surface area contributed by atoms with E-state index in [1.54, 1.807) is 30.3 Å². The average Bonchev–Trinajstić information content (AvgIpc) is 2.82. The summed E-state index contributed by atoms with van der Waals surface area (Å²) < 4.78 is 12.2. The molecule has 1 aromatic heterocycles. The number of hydrogen-bond donors (Lipinski definition) is 3. The van der Waals surface area contributed by atoms with Gasteiger partial charge in [-0.05, 0) is 23.1 Å². The highest BCUT2D eigenvalue weighted by molar-refractivity contribution is 7.59. The first-order chi connectivity index (χ1) is 9.46. The Bertz CT molecular complexity index is 642. The van der Waals surface area contributed by atoms with E-state index in [1.165, 1.54) is 11.3 Å². The predicted octanol–water partition coefficient (Wildman–Crippen LogP) is 3.17. The maximum Gasteiger partial charge on any atom is 0.307 e. The fourth-order valence-corrected chi connectivity index (χ4v) is 4.30. The van der Waals surface area contributed by atoms with Gasteiger partial charge in [-0.1, -0.05) is 24.3 Å². The van der Waals surface area contributed by atoms with Crippen LogP contribution in [0.15, 0.2) is 41.8 Å². The van der Waals surface area contributed by atoms with Crippen molar-refractivity contribution in [2.24, 2.45) is 0 Å². The molecule has 20 heavy (non-hydrogen) atoms. The summed E-state index contributed by atoms with van der Waals surface area (Å²) in [5.74, 6) is -0.981. The lowest BCUT2D eigenvalue weighted by molar-refractivity contribution is -0.136. The lowest BCUT2D eigenvalue weighted by Gasteiger charge is -2.16. The van der Waals surface area contributed by atoms with Crippen molar-refractivity contribution in [3.05, 3.63) is 52.2 Å². The molecule has 0 spiro atoms. The average molecular weight is 311 g/mol. The Morgan fingerprint density at radius 2 is 2.00 bits per heavy atom. The third kappa shape index (κ3) is 4.20. The predicted molar refractivity (Wildman–Crippen MR) is 79.3 cm³/mol. The molecule has 7 heteroatoms. The van der Waals surface area contributed by atoms with Crippen LogP contribution in [0, 0.1) is 0 Å². The number of para-hydroxylation sites is 1. The van der Waals surface area contributed by atoms with Gasteiger partial charge >= 0.3 is 5.97 Å². The zero-order chi connectivity index (χ0) is 14.6. The Morgan fingerprint density at radius 3 is 2.65 bits per heavy atom. The number of aliphatic carboxylic acids is 1. The van der Waals surface area contributed by atoms with Gasteiger partial charge in [0.05, 0.1) is 12.6 Å². The van der Waals surface area contributed by atoms with Gasteiger partial charge in [0.1, 0.15) is 0 Å². The molecule has 0 saturated heterocycles. The van der Waals surface area contributed by atoms with Crippen LogP contribution < -0.4 is 5.09 Å². The van der Waals surface area contributed by atoms with Gasteiger partial charge in [0, 0.05) is 10.6 Å². The van der Waals surface area contributed by atoms with Crippen LogP contribution in [0.25, 0.3) is 0 Å². The van der Waals surface area contributed by atoms with E-state index in [9.17, 15) is 14.3 Å². The molecule has 5 nitrogen and oxygen atoms in total. The number of benzene rings is 1. The number of thiophene rings is 1. The Kier molecular flexibility index (Phi) is 4.60. The second kappa shape index (κ2) is 6.22. The third-order valence-electron chi connectivity index (χ3n) is 2.60. The first-order valence-electron chi connectivity index (χ1n) is 5.88. The van der Waals surface area contributed by atoms with Gasteiger partial charge < -0.3 is 15.1 Å². The molecular weight excluding hydrogens is 297 g/mol. The van der Waals surface area contributed by atoms with E-state index in [0.29, 0.717) is 11.3 Å². The lowest BCUT2D eigenvalue weighted by atomic mass is 10.1. The molecule has 2 rings (SSSR count). The van der Waals surface area contributed by atoms with Crippen molar-refractivity contribution in [3.63, 3.8) is 0 Å². The summed E-state index contributed by atoms with van der Waals surface area (Å²) in [5, 5.41) is 13.3. The summed E-state index contributed by atoms with van der Waals surface area (Å²) in [6.07, 6.45) is -0.172. The van der Waals surface area contributed by atoms with E-state index in [-0.39, 0.29) is 12.6 Å². The zero-order valence-electron chi connectivity index (χ0n) is 10.5. The highest BCUT2D eigenvalue weighted by Crippen LogP contribution is 2.45. The van der Waals surface area contributed by atoms with E-state index >= 15 is 0 Å². The SMILES string of the molecule is O=C(O)Cc1ccccc1NP(=O)(O)Cc1cccs1. The first kappa shape index (κ1) is 14.8. The van der Waals surface area contributed by atoms with Crippen LogP contribution in [0.4, 0.5) is 5.69 Å². The van der Waals surface area contributed by atoms with E-state index < -0.39 is 13.5 Å². The quantitative estimate of drug-likeness (QED) is 0.713. The molecule has 1 heterocycles. The van der Waals surface area contributed by atoms with Gasteiger partial charge in [-0.2, -0.15) is 0 Å². The zero-order valence-corrected chi connectivity index (χ0v) is 12.2. The van der Waals surface area contributed by atoms with Gasteiger partial charge in [0.25, 0.3) is 7.52 Å². The summed E-state index contributed by atoms with van der Waals surface area (Å²) in [6.45, 7) is 0. The smallest absolute Gasteiger partial charge is 0.307 e. The van der Waals surface area contributed by atoms with Gasteiger partial charge in [0.15, 0.2) is 0 Å². The molecule has 0 aliphatic heterocycles. The van der Waals surface area contributed by atoms with Crippen molar-refractivity contribution < 1.29 is 19.4 Å². The molecule has 3 N–H and O–H groups in total. The van der Waals surface area contributed by atoms with Crippen LogP contribution in [-0.2, 0) is 21.9 Å². The number of nitrogens with one attached hydrogen (secondary N) is 1. The molecule has 0 aliphatic carbocycles. The molecular formula is C13H14NO4PS. The second-order valence-electron chi connectivity index (χ2n) is 4.28. The van der Waals surface area contributed by atoms with Gasteiger partial charge in [-0.15, -0.1) is 11.3 Å². The van der Waals surface area contributed by atoms with Crippen LogP contribution in [-0.4, -0.2) is 16.0 Å². The maximum atomic E-state index is 12.2. The maximum absolute atomic E-state index is 12.2. The number of carboxylic acid groups (broad SMARTS) is 1. The molecule has 0 aliphatic rings. The van der Waals surface area contributed by atoms with Crippen LogP contribution in [0.5, 0.6) is 0 Å². The molecule has 0 fully saturated rings. The third-order valence-corrected chi connectivity index (χ3v) is 5.05. The fraction of sp³-hybridized carbons (Fsp3) is 0.154. The molecule has 1 unspecified atom stereocenters. The summed E-state index contributed by atoms with van der Waals surface area (Å²) in [4.78, 5) is 21.6. The summed E-state index contributed by atoms with van der Waals surface area (Å²) in [5.41, 5.74) is 0.873. The molecule has 0 bridgehead atoms. The monoisotopic (exact) mass is 311 g/mol. The number of anilines is 1. The Morgan fingerprint density at radius 1 is 1.25 bits per heavy atom. The largest absolute Gasteiger partial charge is 0.481 e. The molecule has 0 saturated carbocycles. The Balaban J connectivity index is 2.16. The summed E-state index contributed by atoms with van der Waals surface area (Å²) in [6, 6.07) is 10.2. The Labute approximate surface area is 120 Å². The van der Waals surface area contributed by atoms with Crippen LogP contribution >= 0.6 is 18.9 Å². The molecule has 0 amide bonds. The first-order valence-corrected chi connectivity index (χ1v) is 8.61. The number of carbonyl (C=O) groups is 1. The highest BCUT2D eigenvalue weighted by Gasteiger charge is 2.21. The molecule has 0 radical (unpaired) electrons. The van der Waals surface area contributed by atoms with E-state index in [0.717, 1.165) is 4.88 Å². The van der Waals surface area contributed by atoms with Crippen LogP contribution in [0.1, 0.15) is 10.4 Å². The standard InChI is InChI=1S/C13H14NO4PS/c15-13(16)8-10-4-1-2-6-12(10)14-19(17,18)9-11-5-3-7-20-11/h1-7H,8-9H2,(H,15,16)(H2,14,17,18). The fourth-order valence-electron chi connectivity index (χ4n) is 1.79. The van der Waals surface area contributed by atoms with Gasteiger partial charge in [0.2, 0.25) is 0 Å². The minimum atomic E-state index is -3.61. The molecule has 106 valence electrons. The van der Waals surface area contributed by atoms with Crippen LogP contribution in [0.3, 0.4) is 0 Å². The van der Waals surface area contributed by atoms with E-state index in [1.807, 2.05) is 11.4 Å². The second-order valence-corrected chi connectivity index (χ2v) is 7.25. The minimum absolute atomic E-state index is 0.0199. The molecule has 2 aromatic rings. The topological polar surface area (TPSA) is 86.6 Å². The molecule has 1 aromatic carbocycles. The number of carboxylic acids is 1. The van der Waals surface area contributed by atoms with Crippen molar-refractivity contribution in [1.82, 2.24) is 0 Å². The minimum Gasteiger partial charge on any atom is -0.481 e. The lowest BCUT2D eigenvalue weighted by Crippen LogP contribution is -2.05. The van der Waals surface area contributed by atoms with Crippen molar-refractivity contribution in [2.45, 2.75) is 12.6 Å². The van der Waals surface area contributed by atoms with Crippen molar-refractivity contribution in [2.75, 3.05) is 5.09 Å². The normalized spacial score (nSPS) is 13.7. The van der Waals surface area contributed by atoms with Crippen LogP contribution in [0.2, 0.25) is 0 Å². The van der Waals surface area contributed by atoms with Gasteiger partial charge in [-0.3, -0.25) is 9.36 Å². The van der Waals surface area contributed by atoms with Crippen molar-refractivity contribution in [3.8, 4) is 0 Å². The van der Waals surface area contributed by atoms with Crippen molar-refractivity contribution >= 4 is 30.5 Å². The van der Waals surface area contributed by atoms with E-state index in [2.05, 4.69) is 5.09 Å². The summed E-state index contributed by atoms with van der Waals surface area (Å²) >= 11 is 1.41. The highest BCUT2D eigenvalue weighted by atomic mass is 32.1. The summed E-state index contributed by atoms with van der Waals surface area (Å²) in [7, 11) is -3.61. The van der Waals surface area contributed by atoms with Crippen molar-refractivity contribution in [1.29, 1.82) is 0 Å².